The highest BCUT2D eigenvalue weighted by atomic mass is 32.1. The molecular formula is C21H32N4O5S2. The maximum absolute atomic E-state index is 12.8. The van der Waals surface area contributed by atoms with Gasteiger partial charge in [0.25, 0.3) is 0 Å². The lowest BCUT2D eigenvalue weighted by Crippen LogP contribution is -2.58. The van der Waals surface area contributed by atoms with Gasteiger partial charge in [-0.3, -0.25) is 14.4 Å². The molecule has 32 heavy (non-hydrogen) atoms. The van der Waals surface area contributed by atoms with Crippen molar-refractivity contribution in [2.45, 2.75) is 50.9 Å². The van der Waals surface area contributed by atoms with Crippen molar-refractivity contribution < 1.29 is 24.3 Å². The van der Waals surface area contributed by atoms with Crippen LogP contribution in [0.25, 0.3) is 0 Å². The van der Waals surface area contributed by atoms with Gasteiger partial charge in [-0.1, -0.05) is 44.2 Å². The second-order valence-electron chi connectivity index (χ2n) is 7.81. The van der Waals surface area contributed by atoms with Gasteiger partial charge < -0.3 is 26.8 Å². The molecule has 3 amide bonds. The molecule has 1 aromatic rings. The van der Waals surface area contributed by atoms with E-state index in [0.29, 0.717) is 12.8 Å². The fourth-order valence-electron chi connectivity index (χ4n) is 2.87. The van der Waals surface area contributed by atoms with Crippen molar-refractivity contribution >= 4 is 48.9 Å². The van der Waals surface area contributed by atoms with Gasteiger partial charge in [-0.05, 0) is 24.3 Å². The Morgan fingerprint density at radius 3 is 1.88 bits per heavy atom. The number of hydrogen-bond acceptors (Lipinski definition) is 7. The summed E-state index contributed by atoms with van der Waals surface area (Å²) in [4.78, 5) is 49.0. The average molecular weight is 485 g/mol. The van der Waals surface area contributed by atoms with E-state index in [9.17, 15) is 19.2 Å². The maximum Gasteiger partial charge on any atom is 0.327 e. The molecule has 11 heteroatoms. The fraction of sp³-hybridized carbons (Fsp3) is 0.524. The van der Waals surface area contributed by atoms with E-state index < -0.39 is 47.9 Å². The molecule has 0 saturated heterocycles. The van der Waals surface area contributed by atoms with Crippen molar-refractivity contribution in [2.75, 3.05) is 11.5 Å². The van der Waals surface area contributed by atoms with Crippen LogP contribution in [0.3, 0.4) is 0 Å². The summed E-state index contributed by atoms with van der Waals surface area (Å²) in [7, 11) is 0. The van der Waals surface area contributed by atoms with Crippen LogP contribution < -0.4 is 21.7 Å². The van der Waals surface area contributed by atoms with Crippen LogP contribution in [0.15, 0.2) is 30.3 Å². The SMILES string of the molecule is CC(C)CC(NC(=O)C(N)Cc1ccccc1)C(=O)NC(CS)C(=O)NC(CS)C(=O)O. The number of thiol groups is 2. The van der Waals surface area contributed by atoms with Crippen LogP contribution in [0, 0.1) is 5.92 Å². The first-order valence-corrected chi connectivity index (χ1v) is 11.5. The largest absolute Gasteiger partial charge is 0.480 e. The third-order valence-corrected chi connectivity index (χ3v) is 5.32. The smallest absolute Gasteiger partial charge is 0.327 e. The zero-order chi connectivity index (χ0) is 24.3. The Kier molecular flexibility index (Phi) is 12.2. The van der Waals surface area contributed by atoms with E-state index in [4.69, 9.17) is 10.8 Å². The van der Waals surface area contributed by atoms with Crippen LogP contribution in [0.1, 0.15) is 25.8 Å². The van der Waals surface area contributed by atoms with Gasteiger partial charge in [-0.25, -0.2) is 4.79 Å². The van der Waals surface area contributed by atoms with E-state index in [1.807, 2.05) is 44.2 Å². The quantitative estimate of drug-likeness (QED) is 0.196. The summed E-state index contributed by atoms with van der Waals surface area (Å²) in [5.74, 6) is -3.11. The molecule has 0 heterocycles. The van der Waals surface area contributed by atoms with E-state index in [0.717, 1.165) is 5.56 Å². The lowest BCUT2D eigenvalue weighted by molar-refractivity contribution is -0.141. The molecule has 178 valence electrons. The number of carboxylic acid groups (broad SMARTS) is 1. The molecule has 0 bridgehead atoms. The second-order valence-corrected chi connectivity index (χ2v) is 8.54. The lowest BCUT2D eigenvalue weighted by atomic mass is 10.0. The van der Waals surface area contributed by atoms with Crippen molar-refractivity contribution in [2.24, 2.45) is 11.7 Å². The van der Waals surface area contributed by atoms with Gasteiger partial charge >= 0.3 is 5.97 Å². The number of nitrogens with one attached hydrogen (secondary N) is 3. The summed E-state index contributed by atoms with van der Waals surface area (Å²) in [5, 5.41) is 16.6. The molecule has 1 aromatic carbocycles. The Bertz CT molecular complexity index is 779. The van der Waals surface area contributed by atoms with Gasteiger partial charge in [-0.2, -0.15) is 25.3 Å². The Morgan fingerprint density at radius 1 is 0.875 bits per heavy atom. The predicted octanol–water partition coefficient (Wildman–Crippen LogP) is 0.00110. The first-order valence-electron chi connectivity index (χ1n) is 10.2. The minimum Gasteiger partial charge on any atom is -0.480 e. The van der Waals surface area contributed by atoms with Crippen LogP contribution in [-0.2, 0) is 25.6 Å². The molecule has 0 aliphatic carbocycles. The average Bonchev–Trinajstić information content (AvgIpc) is 2.74. The lowest BCUT2D eigenvalue weighted by Gasteiger charge is -2.25. The summed E-state index contributed by atoms with van der Waals surface area (Å²) in [5.41, 5.74) is 6.91. The van der Waals surface area contributed by atoms with Gasteiger partial charge in [-0.15, -0.1) is 0 Å². The fourth-order valence-corrected chi connectivity index (χ4v) is 3.37. The molecule has 9 nitrogen and oxygen atoms in total. The molecule has 0 aliphatic rings. The summed E-state index contributed by atoms with van der Waals surface area (Å²) in [6.45, 7) is 3.78. The van der Waals surface area contributed by atoms with E-state index in [1.165, 1.54) is 0 Å². The molecular weight excluding hydrogens is 452 g/mol. The Morgan fingerprint density at radius 2 is 1.38 bits per heavy atom. The van der Waals surface area contributed by atoms with Crippen LogP contribution in [0.5, 0.6) is 0 Å². The van der Waals surface area contributed by atoms with E-state index >= 15 is 0 Å². The number of nitrogens with two attached hydrogens (primary N) is 1. The van der Waals surface area contributed by atoms with E-state index in [2.05, 4.69) is 41.2 Å². The number of aliphatic carboxylic acids is 1. The number of amides is 3. The molecule has 0 aliphatic heterocycles. The highest BCUT2D eigenvalue weighted by Gasteiger charge is 2.29. The van der Waals surface area contributed by atoms with Crippen LogP contribution in [0.4, 0.5) is 0 Å². The molecule has 4 unspecified atom stereocenters. The Balaban J connectivity index is 2.81. The number of hydrogen-bond donors (Lipinski definition) is 7. The molecule has 0 saturated carbocycles. The van der Waals surface area contributed by atoms with Crippen molar-refractivity contribution in [3.8, 4) is 0 Å². The van der Waals surface area contributed by atoms with Crippen LogP contribution in [-0.4, -0.2) is 64.5 Å². The standard InChI is InChI=1S/C21H32N4O5S2/c1-12(2)8-15(23-18(26)14(22)9-13-6-4-3-5-7-13)19(27)24-16(10-31)20(28)25-17(11-32)21(29)30/h3-7,12,14-17,31-32H,8-11,22H2,1-2H3,(H,23,26)(H,24,27)(H,25,28)(H,29,30). The minimum absolute atomic E-state index is 0.0631. The number of carbonyl (C=O) groups excluding carboxylic acids is 3. The number of benzene rings is 1. The highest BCUT2D eigenvalue weighted by molar-refractivity contribution is 7.80. The molecule has 0 fully saturated rings. The van der Waals surface area contributed by atoms with E-state index in [-0.39, 0.29) is 17.4 Å². The van der Waals surface area contributed by atoms with Crippen LogP contribution >= 0.6 is 25.3 Å². The van der Waals surface area contributed by atoms with Crippen molar-refractivity contribution in [1.29, 1.82) is 0 Å². The van der Waals surface area contributed by atoms with Gasteiger partial charge in [0.15, 0.2) is 0 Å². The second kappa shape index (κ2) is 14.0. The summed E-state index contributed by atoms with van der Waals surface area (Å²) in [6, 6.07) is 5.22. The number of carbonyl (C=O) groups is 4. The zero-order valence-corrected chi connectivity index (χ0v) is 19.9. The molecule has 0 aromatic heterocycles. The molecule has 0 radical (unpaired) electrons. The summed E-state index contributed by atoms with van der Waals surface area (Å²) in [6.07, 6.45) is 0.635. The number of rotatable bonds is 13. The van der Waals surface area contributed by atoms with Crippen molar-refractivity contribution in [1.82, 2.24) is 16.0 Å². The Labute approximate surface area is 199 Å². The van der Waals surface area contributed by atoms with Crippen molar-refractivity contribution in [3.05, 3.63) is 35.9 Å². The number of carboxylic acids is 1. The Hall–Kier alpha value is -2.24. The highest BCUT2D eigenvalue weighted by Crippen LogP contribution is 2.08. The molecule has 0 spiro atoms. The van der Waals surface area contributed by atoms with Gasteiger partial charge in [0.1, 0.15) is 18.1 Å². The molecule has 4 atom stereocenters. The third kappa shape index (κ3) is 9.49. The third-order valence-electron chi connectivity index (χ3n) is 4.59. The zero-order valence-electron chi connectivity index (χ0n) is 18.2. The van der Waals surface area contributed by atoms with Gasteiger partial charge in [0.2, 0.25) is 17.7 Å². The maximum atomic E-state index is 12.8. The topological polar surface area (TPSA) is 151 Å². The van der Waals surface area contributed by atoms with Gasteiger partial charge in [0.05, 0.1) is 6.04 Å². The molecule has 1 rings (SSSR count). The first kappa shape index (κ1) is 27.8. The van der Waals surface area contributed by atoms with Crippen molar-refractivity contribution in [3.63, 3.8) is 0 Å². The minimum atomic E-state index is -1.24. The summed E-state index contributed by atoms with van der Waals surface area (Å²) >= 11 is 7.98. The first-order chi connectivity index (χ1) is 15.1. The summed E-state index contributed by atoms with van der Waals surface area (Å²) < 4.78 is 0. The van der Waals surface area contributed by atoms with Crippen LogP contribution in [0.2, 0.25) is 0 Å². The monoisotopic (exact) mass is 484 g/mol. The predicted molar refractivity (Wildman–Crippen MR) is 129 cm³/mol. The van der Waals surface area contributed by atoms with E-state index in [1.54, 1.807) is 0 Å². The van der Waals surface area contributed by atoms with Gasteiger partial charge in [0, 0.05) is 11.5 Å². The molecule has 6 N–H and O–H groups in total. The normalized spacial score (nSPS) is 14.7.